The molecule has 1 N–H and O–H groups in total. The number of nitrogens with zero attached hydrogens (tertiary/aromatic N) is 1. The zero-order valence-electron chi connectivity index (χ0n) is 9.61. The number of benzene rings is 1. The van der Waals surface area contributed by atoms with Gasteiger partial charge in [-0.05, 0) is 25.0 Å². The molecule has 84 valence electrons. The standard InChI is InChI=1S/C14H17NO/c1-2-3-4-7-12-10-9-11-6-5-8-13(16)14(11)15-12/h5-6,8-10,16H,2-4,7H2,1H3. The van der Waals surface area contributed by atoms with Crippen molar-refractivity contribution in [2.24, 2.45) is 0 Å². The minimum atomic E-state index is 0.273. The van der Waals surface area contributed by atoms with Gasteiger partial charge in [0.15, 0.2) is 0 Å². The maximum absolute atomic E-state index is 9.70. The molecule has 0 aliphatic heterocycles. The van der Waals surface area contributed by atoms with Crippen LogP contribution in [0.3, 0.4) is 0 Å². The van der Waals surface area contributed by atoms with Crippen molar-refractivity contribution in [2.45, 2.75) is 32.6 Å². The van der Waals surface area contributed by atoms with Gasteiger partial charge < -0.3 is 5.11 Å². The summed E-state index contributed by atoms with van der Waals surface area (Å²) in [4.78, 5) is 4.50. The van der Waals surface area contributed by atoms with E-state index in [-0.39, 0.29) is 5.75 Å². The largest absolute Gasteiger partial charge is 0.506 e. The summed E-state index contributed by atoms with van der Waals surface area (Å²) in [5.74, 6) is 0.273. The maximum atomic E-state index is 9.70. The first-order chi connectivity index (χ1) is 7.81. The molecule has 2 aromatic rings. The summed E-state index contributed by atoms with van der Waals surface area (Å²) in [5.41, 5.74) is 1.79. The molecule has 0 fully saturated rings. The van der Waals surface area contributed by atoms with Crippen molar-refractivity contribution in [3.8, 4) is 5.75 Å². The van der Waals surface area contributed by atoms with Crippen molar-refractivity contribution in [1.29, 1.82) is 0 Å². The van der Waals surface area contributed by atoms with E-state index in [1.165, 1.54) is 19.3 Å². The third-order valence-corrected chi connectivity index (χ3v) is 2.79. The van der Waals surface area contributed by atoms with Gasteiger partial charge in [0.2, 0.25) is 0 Å². The first-order valence-electron chi connectivity index (χ1n) is 5.89. The predicted molar refractivity (Wildman–Crippen MR) is 66.6 cm³/mol. The normalized spacial score (nSPS) is 10.8. The van der Waals surface area contributed by atoms with Crippen LogP contribution < -0.4 is 0 Å². The molecule has 0 spiro atoms. The van der Waals surface area contributed by atoms with E-state index in [4.69, 9.17) is 0 Å². The number of para-hydroxylation sites is 1. The van der Waals surface area contributed by atoms with Crippen LogP contribution in [0, 0.1) is 0 Å². The molecule has 1 aromatic heterocycles. The van der Waals surface area contributed by atoms with Crippen LogP contribution in [0.25, 0.3) is 10.9 Å². The predicted octanol–water partition coefficient (Wildman–Crippen LogP) is 3.67. The van der Waals surface area contributed by atoms with Crippen LogP contribution >= 0.6 is 0 Å². The number of hydrogen-bond donors (Lipinski definition) is 1. The molecule has 0 atom stereocenters. The fraction of sp³-hybridized carbons (Fsp3) is 0.357. The molecule has 0 aliphatic carbocycles. The number of phenols is 1. The van der Waals surface area contributed by atoms with Crippen LogP contribution in [0.1, 0.15) is 31.9 Å². The highest BCUT2D eigenvalue weighted by Gasteiger charge is 2.02. The van der Waals surface area contributed by atoms with Crippen LogP contribution in [0.5, 0.6) is 5.75 Å². The van der Waals surface area contributed by atoms with Crippen LogP contribution in [0.15, 0.2) is 30.3 Å². The van der Waals surface area contributed by atoms with Gasteiger partial charge in [0.05, 0.1) is 0 Å². The molecule has 0 saturated heterocycles. The summed E-state index contributed by atoms with van der Waals surface area (Å²) in [5, 5.41) is 10.7. The molecule has 2 heteroatoms. The molecule has 16 heavy (non-hydrogen) atoms. The van der Waals surface area contributed by atoms with Crippen molar-refractivity contribution in [3.63, 3.8) is 0 Å². The zero-order valence-corrected chi connectivity index (χ0v) is 9.61. The van der Waals surface area contributed by atoms with E-state index in [2.05, 4.69) is 18.0 Å². The van der Waals surface area contributed by atoms with E-state index in [1.54, 1.807) is 6.07 Å². The van der Waals surface area contributed by atoms with Crippen LogP contribution in [0.2, 0.25) is 0 Å². The van der Waals surface area contributed by atoms with E-state index < -0.39 is 0 Å². The smallest absolute Gasteiger partial charge is 0.141 e. The minimum absolute atomic E-state index is 0.273. The quantitative estimate of drug-likeness (QED) is 0.789. The van der Waals surface area contributed by atoms with Gasteiger partial charge in [-0.25, -0.2) is 4.98 Å². The highest BCUT2D eigenvalue weighted by atomic mass is 16.3. The number of aromatic nitrogens is 1. The molecular formula is C14H17NO. The third kappa shape index (κ3) is 2.32. The van der Waals surface area contributed by atoms with Gasteiger partial charge in [-0.15, -0.1) is 0 Å². The molecular weight excluding hydrogens is 198 g/mol. The van der Waals surface area contributed by atoms with Gasteiger partial charge in [-0.1, -0.05) is 38.0 Å². The molecule has 0 amide bonds. The topological polar surface area (TPSA) is 33.1 Å². The van der Waals surface area contributed by atoms with Crippen LogP contribution in [-0.4, -0.2) is 10.1 Å². The van der Waals surface area contributed by atoms with Gasteiger partial charge in [0, 0.05) is 11.1 Å². The average molecular weight is 215 g/mol. The van der Waals surface area contributed by atoms with Gasteiger partial charge >= 0.3 is 0 Å². The summed E-state index contributed by atoms with van der Waals surface area (Å²) < 4.78 is 0. The number of aryl methyl sites for hydroxylation is 1. The SMILES string of the molecule is CCCCCc1ccc2cccc(O)c2n1. The Balaban J connectivity index is 2.25. The number of pyridine rings is 1. The lowest BCUT2D eigenvalue weighted by Gasteiger charge is -2.04. The van der Waals surface area contributed by atoms with Crippen molar-refractivity contribution in [2.75, 3.05) is 0 Å². The Morgan fingerprint density at radius 2 is 2.00 bits per heavy atom. The Labute approximate surface area is 96.0 Å². The van der Waals surface area contributed by atoms with Gasteiger partial charge in [-0.3, -0.25) is 0 Å². The Morgan fingerprint density at radius 1 is 1.12 bits per heavy atom. The highest BCUT2D eigenvalue weighted by molar-refractivity contribution is 5.84. The highest BCUT2D eigenvalue weighted by Crippen LogP contribution is 2.22. The number of hydrogen-bond acceptors (Lipinski definition) is 2. The van der Waals surface area contributed by atoms with Crippen molar-refractivity contribution in [3.05, 3.63) is 36.0 Å². The third-order valence-electron chi connectivity index (χ3n) is 2.79. The first kappa shape index (κ1) is 10.9. The molecule has 1 aromatic carbocycles. The maximum Gasteiger partial charge on any atom is 0.141 e. The lowest BCUT2D eigenvalue weighted by atomic mass is 10.1. The van der Waals surface area contributed by atoms with Crippen molar-refractivity contribution < 1.29 is 5.11 Å². The van der Waals surface area contributed by atoms with Crippen LogP contribution in [0.4, 0.5) is 0 Å². The molecule has 0 radical (unpaired) electrons. The molecule has 2 rings (SSSR count). The first-order valence-corrected chi connectivity index (χ1v) is 5.89. The van der Waals surface area contributed by atoms with E-state index in [0.29, 0.717) is 0 Å². The van der Waals surface area contributed by atoms with E-state index in [1.807, 2.05) is 18.2 Å². The number of unbranched alkanes of at least 4 members (excludes halogenated alkanes) is 2. The van der Waals surface area contributed by atoms with Gasteiger partial charge in [0.1, 0.15) is 11.3 Å². The summed E-state index contributed by atoms with van der Waals surface area (Å²) in [6.45, 7) is 2.19. The number of fused-ring (bicyclic) bond motifs is 1. The van der Waals surface area contributed by atoms with E-state index >= 15 is 0 Å². The molecule has 1 heterocycles. The summed E-state index contributed by atoms with van der Waals surface area (Å²) in [6.07, 6.45) is 4.63. The summed E-state index contributed by atoms with van der Waals surface area (Å²) in [7, 11) is 0. The second-order valence-corrected chi connectivity index (χ2v) is 4.11. The lowest BCUT2D eigenvalue weighted by Crippen LogP contribution is -1.91. The molecule has 0 aliphatic rings. The van der Waals surface area contributed by atoms with E-state index in [0.717, 1.165) is 23.0 Å². The second kappa shape index (κ2) is 4.97. The number of phenolic OH excluding ortho intramolecular Hbond substituents is 1. The summed E-state index contributed by atoms with van der Waals surface area (Å²) >= 11 is 0. The molecule has 0 saturated carbocycles. The fourth-order valence-corrected chi connectivity index (χ4v) is 1.87. The van der Waals surface area contributed by atoms with Gasteiger partial charge in [0.25, 0.3) is 0 Å². The number of aromatic hydroxyl groups is 1. The van der Waals surface area contributed by atoms with Gasteiger partial charge in [-0.2, -0.15) is 0 Å². The summed E-state index contributed by atoms with van der Waals surface area (Å²) in [6, 6.07) is 9.58. The Morgan fingerprint density at radius 3 is 2.81 bits per heavy atom. The second-order valence-electron chi connectivity index (χ2n) is 4.11. The molecule has 2 nitrogen and oxygen atoms in total. The Bertz CT molecular complexity index is 479. The Hall–Kier alpha value is -1.57. The lowest BCUT2D eigenvalue weighted by molar-refractivity contribution is 0.480. The van der Waals surface area contributed by atoms with Crippen molar-refractivity contribution >= 4 is 10.9 Å². The Kier molecular flexibility index (Phi) is 3.40. The molecule has 0 unspecified atom stereocenters. The number of rotatable bonds is 4. The van der Waals surface area contributed by atoms with Crippen molar-refractivity contribution in [1.82, 2.24) is 4.98 Å². The van der Waals surface area contributed by atoms with E-state index in [9.17, 15) is 5.11 Å². The zero-order chi connectivity index (χ0) is 11.4. The average Bonchev–Trinajstić information content (AvgIpc) is 2.30. The monoisotopic (exact) mass is 215 g/mol. The molecule has 0 bridgehead atoms. The minimum Gasteiger partial charge on any atom is -0.506 e. The fourth-order valence-electron chi connectivity index (χ4n) is 1.87. The van der Waals surface area contributed by atoms with Crippen LogP contribution in [-0.2, 0) is 6.42 Å².